The average Bonchev–Trinajstić information content (AvgIpc) is 2.52. The molecule has 24 heavy (non-hydrogen) atoms. The molecule has 1 unspecified atom stereocenters. The lowest BCUT2D eigenvalue weighted by atomic mass is 10.1. The summed E-state index contributed by atoms with van der Waals surface area (Å²) in [6.07, 6.45) is 1.75. The van der Waals surface area contributed by atoms with Crippen molar-refractivity contribution < 1.29 is 0 Å². The molecule has 0 aliphatic rings. The Labute approximate surface area is 152 Å². The smallest absolute Gasteiger partial charge is 0.189 e. The molecule has 2 aromatic rings. The first-order valence-electron chi connectivity index (χ1n) is 7.51. The van der Waals surface area contributed by atoms with E-state index in [1.807, 2.05) is 44.1 Å². The number of aliphatic imine (C=N–C) groups is 1. The van der Waals surface area contributed by atoms with Gasteiger partial charge in [0.15, 0.2) is 5.96 Å². The molecule has 0 bridgehead atoms. The molecule has 3 N–H and O–H groups in total. The molecule has 2 rings (SSSR count). The van der Waals surface area contributed by atoms with Gasteiger partial charge >= 0.3 is 0 Å². The molecule has 1 atom stereocenters. The van der Waals surface area contributed by atoms with E-state index in [0.29, 0.717) is 22.5 Å². The topological polar surface area (TPSA) is 66.5 Å². The Morgan fingerprint density at radius 3 is 2.75 bits per heavy atom. The third kappa shape index (κ3) is 4.76. The summed E-state index contributed by atoms with van der Waals surface area (Å²) in [6, 6.07) is 9.19. The number of benzene rings is 1. The molecule has 0 aliphatic heterocycles. The number of halogens is 2. The second-order valence-electron chi connectivity index (χ2n) is 5.60. The van der Waals surface area contributed by atoms with Crippen molar-refractivity contribution in [2.75, 3.05) is 19.0 Å². The van der Waals surface area contributed by atoms with E-state index in [9.17, 15) is 0 Å². The Hall–Kier alpha value is -1.98. The van der Waals surface area contributed by atoms with Crippen molar-refractivity contribution in [2.45, 2.75) is 19.5 Å². The second-order valence-corrected chi connectivity index (χ2v) is 6.44. The van der Waals surface area contributed by atoms with Gasteiger partial charge in [0.2, 0.25) is 0 Å². The van der Waals surface area contributed by atoms with E-state index in [4.69, 9.17) is 28.9 Å². The molecule has 1 heterocycles. The van der Waals surface area contributed by atoms with E-state index in [1.165, 1.54) is 0 Å². The highest BCUT2D eigenvalue weighted by Gasteiger charge is 2.11. The quantitative estimate of drug-likeness (QED) is 0.627. The van der Waals surface area contributed by atoms with Crippen molar-refractivity contribution in [1.29, 1.82) is 0 Å². The van der Waals surface area contributed by atoms with Crippen molar-refractivity contribution in [3.05, 3.63) is 57.8 Å². The number of pyridine rings is 1. The fourth-order valence-corrected chi connectivity index (χ4v) is 2.89. The number of hydrogen-bond acceptors (Lipinski definition) is 3. The molecule has 0 saturated heterocycles. The van der Waals surface area contributed by atoms with Crippen LogP contribution in [0, 0.1) is 0 Å². The lowest BCUT2D eigenvalue weighted by Gasteiger charge is -2.17. The lowest BCUT2D eigenvalue weighted by Crippen LogP contribution is -2.34. The van der Waals surface area contributed by atoms with Gasteiger partial charge in [-0.1, -0.05) is 29.3 Å². The van der Waals surface area contributed by atoms with Crippen LogP contribution < -0.4 is 16.0 Å². The maximum atomic E-state index is 6.22. The van der Waals surface area contributed by atoms with E-state index in [2.05, 4.69) is 15.3 Å². The zero-order valence-corrected chi connectivity index (χ0v) is 15.4. The standard InChI is InChI=1S/C17H21Cl2N5/c1-11(13-7-6-12(18)9-14(13)19)23-17(20)22-10-15-16(24(2)3)5-4-8-21-15/h4-9,11H,10H2,1-3H3,(H3,20,22,23). The summed E-state index contributed by atoms with van der Waals surface area (Å²) in [4.78, 5) is 10.7. The molecule has 128 valence electrons. The summed E-state index contributed by atoms with van der Waals surface area (Å²) in [7, 11) is 3.94. The summed E-state index contributed by atoms with van der Waals surface area (Å²) in [5.41, 5.74) is 8.78. The number of aromatic nitrogens is 1. The minimum absolute atomic E-state index is 0.0874. The molecule has 0 spiro atoms. The van der Waals surface area contributed by atoms with Crippen LogP contribution >= 0.6 is 23.2 Å². The number of nitrogens with zero attached hydrogens (tertiary/aromatic N) is 3. The second kappa shape index (κ2) is 8.22. The Balaban J connectivity index is 2.06. The van der Waals surface area contributed by atoms with Gasteiger partial charge in [0.1, 0.15) is 0 Å². The first-order valence-corrected chi connectivity index (χ1v) is 8.26. The summed E-state index contributed by atoms with van der Waals surface area (Å²) in [5, 5.41) is 4.33. The first-order chi connectivity index (χ1) is 11.4. The van der Waals surface area contributed by atoms with Crippen molar-refractivity contribution in [3.8, 4) is 0 Å². The van der Waals surface area contributed by atoms with Gasteiger partial charge < -0.3 is 16.0 Å². The van der Waals surface area contributed by atoms with Gasteiger partial charge in [-0.15, -0.1) is 0 Å². The van der Waals surface area contributed by atoms with Crippen molar-refractivity contribution in [3.63, 3.8) is 0 Å². The lowest BCUT2D eigenvalue weighted by molar-refractivity contribution is 0.707. The van der Waals surface area contributed by atoms with Gasteiger partial charge in [-0.25, -0.2) is 4.99 Å². The third-order valence-electron chi connectivity index (χ3n) is 3.54. The number of rotatable bonds is 5. The number of hydrogen-bond donors (Lipinski definition) is 2. The van der Waals surface area contributed by atoms with Crippen LogP contribution in [0.25, 0.3) is 0 Å². The van der Waals surface area contributed by atoms with Gasteiger partial charge in [-0.2, -0.15) is 0 Å². The maximum absolute atomic E-state index is 6.22. The summed E-state index contributed by atoms with van der Waals surface area (Å²) < 4.78 is 0. The molecule has 0 saturated carbocycles. The Bertz CT molecular complexity index is 731. The predicted octanol–water partition coefficient (Wildman–Crippen LogP) is 3.62. The number of nitrogens with two attached hydrogens (primary N) is 1. The molecule has 1 aromatic heterocycles. The zero-order valence-electron chi connectivity index (χ0n) is 13.9. The normalized spacial score (nSPS) is 12.8. The van der Waals surface area contributed by atoms with Crippen LogP contribution in [0.15, 0.2) is 41.5 Å². The highest BCUT2D eigenvalue weighted by atomic mass is 35.5. The molecule has 0 amide bonds. The van der Waals surface area contributed by atoms with Crippen LogP contribution in [0.2, 0.25) is 10.0 Å². The molecule has 0 fully saturated rings. The largest absolute Gasteiger partial charge is 0.376 e. The molecule has 5 nitrogen and oxygen atoms in total. The highest BCUT2D eigenvalue weighted by molar-refractivity contribution is 6.35. The van der Waals surface area contributed by atoms with E-state index >= 15 is 0 Å². The SMILES string of the molecule is CC(NC(N)=NCc1ncccc1N(C)C)c1ccc(Cl)cc1Cl. The Morgan fingerprint density at radius 1 is 1.33 bits per heavy atom. The van der Waals surface area contributed by atoms with E-state index in [1.54, 1.807) is 18.3 Å². The molecular formula is C17H21Cl2N5. The predicted molar refractivity (Wildman–Crippen MR) is 102 cm³/mol. The van der Waals surface area contributed by atoms with Crippen molar-refractivity contribution in [1.82, 2.24) is 10.3 Å². The van der Waals surface area contributed by atoms with Crippen molar-refractivity contribution >= 4 is 34.8 Å². The van der Waals surface area contributed by atoms with Crippen LogP contribution in [0.4, 0.5) is 5.69 Å². The molecule has 0 radical (unpaired) electrons. The number of nitrogens with one attached hydrogen (secondary N) is 1. The van der Waals surface area contributed by atoms with Crippen molar-refractivity contribution in [2.24, 2.45) is 10.7 Å². The average molecular weight is 366 g/mol. The van der Waals surface area contributed by atoms with Gasteiger partial charge in [0.05, 0.1) is 24.0 Å². The summed E-state index contributed by atoms with van der Waals surface area (Å²) >= 11 is 12.1. The van der Waals surface area contributed by atoms with E-state index in [0.717, 1.165) is 16.9 Å². The van der Waals surface area contributed by atoms with Crippen LogP contribution in [-0.4, -0.2) is 25.0 Å². The minimum atomic E-state index is -0.0874. The number of anilines is 1. The first kappa shape index (κ1) is 18.4. The van der Waals surface area contributed by atoms with Gasteiger partial charge in [0, 0.05) is 30.3 Å². The van der Waals surface area contributed by atoms with Crippen LogP contribution in [-0.2, 0) is 6.54 Å². The zero-order chi connectivity index (χ0) is 17.7. The van der Waals surface area contributed by atoms with E-state index < -0.39 is 0 Å². The highest BCUT2D eigenvalue weighted by Crippen LogP contribution is 2.26. The molecule has 7 heteroatoms. The van der Waals surface area contributed by atoms with Crippen LogP contribution in [0.5, 0.6) is 0 Å². The van der Waals surface area contributed by atoms with E-state index in [-0.39, 0.29) is 6.04 Å². The van der Waals surface area contributed by atoms with Gasteiger partial charge in [0.25, 0.3) is 0 Å². The molecule has 0 aliphatic carbocycles. The molecular weight excluding hydrogens is 345 g/mol. The summed E-state index contributed by atoms with van der Waals surface area (Å²) in [6.45, 7) is 2.36. The van der Waals surface area contributed by atoms with Crippen LogP contribution in [0.3, 0.4) is 0 Å². The fraction of sp³-hybridized carbons (Fsp3) is 0.294. The summed E-state index contributed by atoms with van der Waals surface area (Å²) in [5.74, 6) is 0.337. The monoisotopic (exact) mass is 365 g/mol. The minimum Gasteiger partial charge on any atom is -0.376 e. The fourth-order valence-electron chi connectivity index (χ4n) is 2.32. The van der Waals surface area contributed by atoms with Gasteiger partial charge in [-0.05, 0) is 36.8 Å². The number of guanidine groups is 1. The third-order valence-corrected chi connectivity index (χ3v) is 4.10. The van der Waals surface area contributed by atoms with Gasteiger partial charge in [-0.3, -0.25) is 4.98 Å². The van der Waals surface area contributed by atoms with Crippen LogP contribution in [0.1, 0.15) is 24.2 Å². The maximum Gasteiger partial charge on any atom is 0.189 e. The Kier molecular flexibility index (Phi) is 6.29. The molecule has 1 aromatic carbocycles. The Morgan fingerprint density at radius 2 is 2.08 bits per heavy atom.